The minimum Gasteiger partial charge on any atom is -0.481 e. The first kappa shape index (κ1) is 8.99. The summed E-state index contributed by atoms with van der Waals surface area (Å²) in [5.41, 5.74) is 0.606. The standard InChI is InChI=1S/C10H9FNO2/c11-6-2-1-3-7(4-6)12-9-5-8(9)10(13)14/h1,3-4,8-9,12H,5H2,(H,13,14). The molecule has 1 saturated carbocycles. The number of carboxylic acid groups (broad SMARTS) is 1. The van der Waals surface area contributed by atoms with E-state index in [4.69, 9.17) is 5.11 Å². The third kappa shape index (κ3) is 1.84. The van der Waals surface area contributed by atoms with Crippen molar-refractivity contribution in [2.24, 2.45) is 5.92 Å². The van der Waals surface area contributed by atoms with E-state index in [-0.39, 0.29) is 12.0 Å². The van der Waals surface area contributed by atoms with Gasteiger partial charge in [-0.25, -0.2) is 4.39 Å². The maximum absolute atomic E-state index is 12.7. The summed E-state index contributed by atoms with van der Waals surface area (Å²) in [5, 5.41) is 11.6. The number of nitrogens with one attached hydrogen (secondary N) is 1. The van der Waals surface area contributed by atoms with Gasteiger partial charge in [0.15, 0.2) is 0 Å². The molecule has 3 nitrogen and oxygen atoms in total. The summed E-state index contributed by atoms with van der Waals surface area (Å²) in [4.78, 5) is 10.5. The minimum absolute atomic E-state index is 0.0608. The van der Waals surface area contributed by atoms with Gasteiger partial charge >= 0.3 is 5.97 Å². The summed E-state index contributed by atoms with van der Waals surface area (Å²) in [6, 6.07) is 6.75. The lowest BCUT2D eigenvalue weighted by Gasteiger charge is -2.03. The van der Waals surface area contributed by atoms with Crippen molar-refractivity contribution in [3.8, 4) is 0 Å². The Balaban J connectivity index is 1.97. The van der Waals surface area contributed by atoms with E-state index < -0.39 is 11.8 Å². The molecule has 1 aromatic rings. The fraction of sp³-hybridized carbons (Fsp3) is 0.300. The monoisotopic (exact) mass is 194 g/mol. The summed E-state index contributed by atoms with van der Waals surface area (Å²) in [6.07, 6.45) is 0.607. The zero-order valence-corrected chi connectivity index (χ0v) is 7.33. The zero-order chi connectivity index (χ0) is 10.1. The highest BCUT2D eigenvalue weighted by molar-refractivity contribution is 5.75. The number of anilines is 1. The van der Waals surface area contributed by atoms with Crippen molar-refractivity contribution in [2.45, 2.75) is 12.5 Å². The molecule has 2 atom stereocenters. The van der Waals surface area contributed by atoms with E-state index in [0.717, 1.165) is 0 Å². The molecule has 73 valence electrons. The Kier molecular flexibility index (Phi) is 2.11. The number of benzene rings is 1. The van der Waals surface area contributed by atoms with Gasteiger partial charge in [0.1, 0.15) is 5.82 Å². The molecule has 1 fully saturated rings. The van der Waals surface area contributed by atoms with Crippen molar-refractivity contribution in [1.82, 2.24) is 0 Å². The van der Waals surface area contributed by atoms with Gasteiger partial charge in [-0.3, -0.25) is 4.79 Å². The predicted octanol–water partition coefficient (Wildman–Crippen LogP) is 1.51. The van der Waals surface area contributed by atoms with E-state index >= 15 is 0 Å². The van der Waals surface area contributed by atoms with Gasteiger partial charge in [0.05, 0.1) is 5.92 Å². The molecule has 0 saturated heterocycles. The van der Waals surface area contributed by atoms with E-state index in [1.807, 2.05) is 0 Å². The van der Waals surface area contributed by atoms with Crippen LogP contribution in [0.3, 0.4) is 0 Å². The highest BCUT2D eigenvalue weighted by Crippen LogP contribution is 2.33. The van der Waals surface area contributed by atoms with Crippen molar-refractivity contribution >= 4 is 11.7 Å². The van der Waals surface area contributed by atoms with Gasteiger partial charge in [-0.15, -0.1) is 0 Å². The lowest BCUT2D eigenvalue weighted by atomic mass is 10.3. The largest absolute Gasteiger partial charge is 0.481 e. The molecule has 0 aliphatic heterocycles. The van der Waals surface area contributed by atoms with Crippen LogP contribution in [0, 0.1) is 17.8 Å². The van der Waals surface area contributed by atoms with Crippen LogP contribution in [0.25, 0.3) is 0 Å². The molecule has 1 aliphatic carbocycles. The number of carboxylic acids is 1. The number of aliphatic carboxylic acids is 1. The smallest absolute Gasteiger partial charge is 0.308 e. The summed E-state index contributed by atoms with van der Waals surface area (Å²) in [6.45, 7) is 0. The molecule has 0 bridgehead atoms. The zero-order valence-electron chi connectivity index (χ0n) is 7.33. The quantitative estimate of drug-likeness (QED) is 0.766. The SMILES string of the molecule is O=C(O)C1CC1Nc1cc[c]c(F)c1. The fourth-order valence-corrected chi connectivity index (χ4v) is 1.37. The molecule has 0 spiro atoms. The third-order valence-corrected chi connectivity index (χ3v) is 2.23. The average molecular weight is 194 g/mol. The van der Waals surface area contributed by atoms with Crippen LogP contribution in [-0.4, -0.2) is 17.1 Å². The second-order valence-corrected chi connectivity index (χ2v) is 3.36. The molecule has 1 aromatic carbocycles. The van der Waals surface area contributed by atoms with Crippen LogP contribution >= 0.6 is 0 Å². The Morgan fingerprint density at radius 1 is 1.71 bits per heavy atom. The second-order valence-electron chi connectivity index (χ2n) is 3.36. The lowest BCUT2D eigenvalue weighted by Crippen LogP contribution is -2.10. The van der Waals surface area contributed by atoms with Gasteiger partial charge in [0, 0.05) is 17.8 Å². The summed E-state index contributed by atoms with van der Waals surface area (Å²) < 4.78 is 12.7. The van der Waals surface area contributed by atoms with E-state index in [1.54, 1.807) is 6.07 Å². The number of rotatable bonds is 3. The molecule has 14 heavy (non-hydrogen) atoms. The lowest BCUT2D eigenvalue weighted by molar-refractivity contribution is -0.138. The molecule has 2 N–H and O–H groups in total. The first-order valence-corrected chi connectivity index (χ1v) is 4.33. The number of halogens is 1. The maximum atomic E-state index is 12.7. The van der Waals surface area contributed by atoms with Gasteiger partial charge in [0.25, 0.3) is 0 Å². The van der Waals surface area contributed by atoms with Crippen LogP contribution in [0.4, 0.5) is 10.1 Å². The average Bonchev–Trinajstić information content (AvgIpc) is 2.84. The summed E-state index contributed by atoms with van der Waals surface area (Å²) in [7, 11) is 0. The Labute approximate surface area is 80.6 Å². The van der Waals surface area contributed by atoms with E-state index in [2.05, 4.69) is 11.4 Å². The maximum Gasteiger partial charge on any atom is 0.308 e. The normalized spacial score (nSPS) is 24.4. The fourth-order valence-electron chi connectivity index (χ4n) is 1.37. The van der Waals surface area contributed by atoms with Crippen molar-refractivity contribution in [2.75, 3.05) is 5.32 Å². The summed E-state index contributed by atoms with van der Waals surface area (Å²) in [5.74, 6) is -1.57. The van der Waals surface area contributed by atoms with Crippen LogP contribution in [0.1, 0.15) is 6.42 Å². The Bertz CT molecular complexity index is 367. The number of carbonyl (C=O) groups is 1. The molecule has 0 amide bonds. The van der Waals surface area contributed by atoms with Gasteiger partial charge in [-0.05, 0) is 24.6 Å². The first-order chi connectivity index (χ1) is 6.66. The highest BCUT2D eigenvalue weighted by atomic mass is 19.1. The molecule has 0 heterocycles. The molecule has 2 unspecified atom stereocenters. The van der Waals surface area contributed by atoms with Crippen molar-refractivity contribution in [1.29, 1.82) is 0 Å². The molecular formula is C10H9FNO2. The first-order valence-electron chi connectivity index (χ1n) is 4.33. The molecular weight excluding hydrogens is 185 g/mol. The van der Waals surface area contributed by atoms with Crippen LogP contribution in [-0.2, 0) is 4.79 Å². The van der Waals surface area contributed by atoms with Crippen LogP contribution in [0.5, 0.6) is 0 Å². The predicted molar refractivity (Wildman–Crippen MR) is 48.4 cm³/mol. The van der Waals surface area contributed by atoms with Crippen molar-refractivity contribution in [3.63, 3.8) is 0 Å². The van der Waals surface area contributed by atoms with Crippen LogP contribution in [0.2, 0.25) is 0 Å². The van der Waals surface area contributed by atoms with Crippen LogP contribution in [0.15, 0.2) is 18.2 Å². The van der Waals surface area contributed by atoms with Gasteiger partial charge in [0.2, 0.25) is 0 Å². The molecule has 2 rings (SSSR count). The van der Waals surface area contributed by atoms with Crippen molar-refractivity contribution in [3.05, 3.63) is 30.1 Å². The molecule has 0 aromatic heterocycles. The molecule has 1 radical (unpaired) electrons. The molecule has 4 heteroatoms. The summed E-state index contributed by atoms with van der Waals surface area (Å²) >= 11 is 0. The Hall–Kier alpha value is -1.58. The third-order valence-electron chi connectivity index (χ3n) is 2.23. The van der Waals surface area contributed by atoms with Gasteiger partial charge in [-0.2, -0.15) is 0 Å². The Morgan fingerprint density at radius 3 is 3.07 bits per heavy atom. The van der Waals surface area contributed by atoms with E-state index in [1.165, 1.54) is 12.1 Å². The molecule has 1 aliphatic rings. The second kappa shape index (κ2) is 3.29. The van der Waals surface area contributed by atoms with Gasteiger partial charge in [-0.1, -0.05) is 0 Å². The topological polar surface area (TPSA) is 49.3 Å². The highest BCUT2D eigenvalue weighted by Gasteiger charge is 2.43. The Morgan fingerprint density at radius 2 is 2.50 bits per heavy atom. The number of hydrogen-bond acceptors (Lipinski definition) is 2. The van der Waals surface area contributed by atoms with E-state index in [9.17, 15) is 9.18 Å². The van der Waals surface area contributed by atoms with Gasteiger partial charge < -0.3 is 10.4 Å². The van der Waals surface area contributed by atoms with E-state index in [0.29, 0.717) is 12.1 Å². The minimum atomic E-state index is -0.800. The number of hydrogen-bond donors (Lipinski definition) is 2. The van der Waals surface area contributed by atoms with Crippen LogP contribution < -0.4 is 5.32 Å². The van der Waals surface area contributed by atoms with Crippen molar-refractivity contribution < 1.29 is 14.3 Å².